The van der Waals surface area contributed by atoms with Gasteiger partial charge in [0.15, 0.2) is 6.29 Å². The van der Waals surface area contributed by atoms with Crippen molar-refractivity contribution in [2.75, 3.05) is 21.3 Å². The largest absolute Gasteiger partial charge is 0.469 e. The summed E-state index contributed by atoms with van der Waals surface area (Å²) < 4.78 is 15.7. The molecule has 0 unspecified atom stereocenters. The lowest BCUT2D eigenvalue weighted by atomic mass is 9.67. The van der Waals surface area contributed by atoms with Crippen molar-refractivity contribution in [1.29, 1.82) is 0 Å². The van der Waals surface area contributed by atoms with Crippen molar-refractivity contribution in [3.8, 4) is 0 Å². The Morgan fingerprint density at radius 3 is 2.35 bits per heavy atom. The van der Waals surface area contributed by atoms with Crippen LogP contribution in [0.15, 0.2) is 11.6 Å². The maximum atomic E-state index is 12.3. The summed E-state index contributed by atoms with van der Waals surface area (Å²) in [6.07, 6.45) is 3.57. The summed E-state index contributed by atoms with van der Waals surface area (Å²) >= 11 is 0. The van der Waals surface area contributed by atoms with Gasteiger partial charge in [-0.3, -0.25) is 4.79 Å². The van der Waals surface area contributed by atoms with E-state index < -0.39 is 0 Å². The van der Waals surface area contributed by atoms with E-state index in [0.29, 0.717) is 18.3 Å². The monoisotopic (exact) mass is 284 g/mol. The van der Waals surface area contributed by atoms with Gasteiger partial charge in [-0.15, -0.1) is 0 Å². The summed E-state index contributed by atoms with van der Waals surface area (Å²) in [6.45, 7) is 6.41. The normalized spacial score (nSPS) is 26.8. The molecule has 0 aromatic heterocycles. The van der Waals surface area contributed by atoms with Gasteiger partial charge in [-0.1, -0.05) is 25.5 Å². The van der Waals surface area contributed by atoms with Gasteiger partial charge in [0, 0.05) is 20.6 Å². The highest BCUT2D eigenvalue weighted by molar-refractivity contribution is 5.74. The molecule has 0 amide bonds. The van der Waals surface area contributed by atoms with E-state index in [4.69, 9.17) is 14.2 Å². The number of hydrogen-bond donors (Lipinski definition) is 0. The summed E-state index contributed by atoms with van der Waals surface area (Å²) in [5, 5.41) is 0. The predicted octanol–water partition coefficient (Wildman–Crippen LogP) is 3.02. The van der Waals surface area contributed by atoms with Crippen LogP contribution in [-0.2, 0) is 19.0 Å². The maximum absolute atomic E-state index is 12.3. The summed E-state index contributed by atoms with van der Waals surface area (Å²) in [7, 11) is 4.72. The van der Waals surface area contributed by atoms with Gasteiger partial charge in [0.25, 0.3) is 0 Å². The molecule has 0 fully saturated rings. The number of hydrogen-bond acceptors (Lipinski definition) is 4. The summed E-state index contributed by atoms with van der Waals surface area (Å²) in [4.78, 5) is 12.3. The van der Waals surface area contributed by atoms with Gasteiger partial charge in [-0.05, 0) is 31.1 Å². The zero-order chi connectivity index (χ0) is 15.3. The van der Waals surface area contributed by atoms with Crippen LogP contribution >= 0.6 is 0 Å². The molecule has 0 radical (unpaired) electrons. The van der Waals surface area contributed by atoms with E-state index in [9.17, 15) is 4.79 Å². The average molecular weight is 284 g/mol. The predicted molar refractivity (Wildman–Crippen MR) is 78.1 cm³/mol. The molecule has 1 rings (SSSR count). The van der Waals surface area contributed by atoms with E-state index in [1.807, 2.05) is 0 Å². The molecule has 0 spiro atoms. The Morgan fingerprint density at radius 2 is 1.90 bits per heavy atom. The molecule has 0 heterocycles. The van der Waals surface area contributed by atoms with Crippen LogP contribution in [0.4, 0.5) is 0 Å². The molecule has 116 valence electrons. The standard InChI is InChI=1S/C16H28O4/c1-10(2)12-8-7-11(3)13(9-14(18-4)19-5)15(12)16(17)20-6/h7,10,12-15H,8-9H2,1-6H3/t12-,13+,15-/m1/s1. The third-order valence-corrected chi connectivity index (χ3v) is 4.49. The van der Waals surface area contributed by atoms with Crippen LogP contribution < -0.4 is 0 Å². The maximum Gasteiger partial charge on any atom is 0.309 e. The molecule has 1 aliphatic carbocycles. The first-order valence-corrected chi connectivity index (χ1v) is 7.26. The zero-order valence-electron chi connectivity index (χ0n) is 13.5. The van der Waals surface area contributed by atoms with Crippen LogP contribution in [0.5, 0.6) is 0 Å². The van der Waals surface area contributed by atoms with Crippen molar-refractivity contribution in [1.82, 2.24) is 0 Å². The Hall–Kier alpha value is -0.870. The Labute approximate surface area is 122 Å². The minimum Gasteiger partial charge on any atom is -0.469 e. The van der Waals surface area contributed by atoms with Crippen molar-refractivity contribution in [3.63, 3.8) is 0 Å². The number of allylic oxidation sites excluding steroid dienone is 2. The van der Waals surface area contributed by atoms with Crippen molar-refractivity contribution >= 4 is 5.97 Å². The number of ether oxygens (including phenoxy) is 3. The Balaban J connectivity index is 3.03. The first-order valence-electron chi connectivity index (χ1n) is 7.26. The lowest BCUT2D eigenvalue weighted by Crippen LogP contribution is -2.39. The molecule has 0 aliphatic heterocycles. The second-order valence-electron chi connectivity index (χ2n) is 5.88. The van der Waals surface area contributed by atoms with Gasteiger partial charge < -0.3 is 14.2 Å². The van der Waals surface area contributed by atoms with Gasteiger partial charge >= 0.3 is 5.97 Å². The molecular weight excluding hydrogens is 256 g/mol. The molecule has 4 nitrogen and oxygen atoms in total. The minimum absolute atomic E-state index is 0.113. The first-order chi connectivity index (χ1) is 9.46. The van der Waals surface area contributed by atoms with Crippen LogP contribution in [0.1, 0.15) is 33.6 Å². The Morgan fingerprint density at radius 1 is 1.30 bits per heavy atom. The fourth-order valence-electron chi connectivity index (χ4n) is 3.19. The van der Waals surface area contributed by atoms with Crippen molar-refractivity contribution in [3.05, 3.63) is 11.6 Å². The molecule has 1 aliphatic rings. The molecule has 0 N–H and O–H groups in total. The number of esters is 1. The molecular formula is C16H28O4. The smallest absolute Gasteiger partial charge is 0.309 e. The molecule has 0 aromatic carbocycles. The summed E-state index contributed by atoms with van der Waals surface area (Å²) in [5.41, 5.74) is 1.23. The van der Waals surface area contributed by atoms with Gasteiger partial charge in [0.2, 0.25) is 0 Å². The topological polar surface area (TPSA) is 44.8 Å². The van der Waals surface area contributed by atoms with E-state index in [2.05, 4.69) is 26.8 Å². The molecule has 4 heteroatoms. The van der Waals surface area contributed by atoms with Crippen molar-refractivity contribution in [2.24, 2.45) is 23.7 Å². The molecule has 0 aromatic rings. The second kappa shape index (κ2) is 7.79. The van der Waals surface area contributed by atoms with Gasteiger partial charge in [0.05, 0.1) is 13.0 Å². The van der Waals surface area contributed by atoms with E-state index in [-0.39, 0.29) is 24.1 Å². The first kappa shape index (κ1) is 17.2. The number of carbonyl (C=O) groups is 1. The third-order valence-electron chi connectivity index (χ3n) is 4.49. The fourth-order valence-corrected chi connectivity index (χ4v) is 3.19. The van der Waals surface area contributed by atoms with Crippen LogP contribution in [0.25, 0.3) is 0 Å². The molecule has 0 bridgehead atoms. The quantitative estimate of drug-likeness (QED) is 0.427. The summed E-state index contributed by atoms with van der Waals surface area (Å²) in [5.74, 6) is 0.637. The van der Waals surface area contributed by atoms with Crippen LogP contribution in [0, 0.1) is 23.7 Å². The van der Waals surface area contributed by atoms with E-state index >= 15 is 0 Å². The fraction of sp³-hybridized carbons (Fsp3) is 0.812. The van der Waals surface area contributed by atoms with E-state index in [1.165, 1.54) is 12.7 Å². The van der Waals surface area contributed by atoms with Gasteiger partial charge in [0.1, 0.15) is 0 Å². The number of rotatable bonds is 6. The molecule has 3 atom stereocenters. The number of methoxy groups -OCH3 is 3. The Bertz CT molecular complexity index is 344. The van der Waals surface area contributed by atoms with Crippen LogP contribution in [0.3, 0.4) is 0 Å². The van der Waals surface area contributed by atoms with E-state index in [0.717, 1.165) is 6.42 Å². The lowest BCUT2D eigenvalue weighted by Gasteiger charge is -2.38. The zero-order valence-corrected chi connectivity index (χ0v) is 13.5. The van der Waals surface area contributed by atoms with Crippen molar-refractivity contribution in [2.45, 2.75) is 39.9 Å². The van der Waals surface area contributed by atoms with Gasteiger partial charge in [-0.25, -0.2) is 0 Å². The lowest BCUT2D eigenvalue weighted by molar-refractivity contribution is -0.154. The highest BCUT2D eigenvalue weighted by Gasteiger charge is 2.41. The van der Waals surface area contributed by atoms with Gasteiger partial charge in [-0.2, -0.15) is 0 Å². The third kappa shape index (κ3) is 3.83. The molecule has 20 heavy (non-hydrogen) atoms. The van der Waals surface area contributed by atoms with E-state index in [1.54, 1.807) is 14.2 Å². The Kier molecular flexibility index (Phi) is 6.69. The number of carbonyl (C=O) groups excluding carboxylic acids is 1. The van der Waals surface area contributed by atoms with Crippen LogP contribution in [0.2, 0.25) is 0 Å². The molecule has 0 saturated heterocycles. The van der Waals surface area contributed by atoms with Crippen LogP contribution in [-0.4, -0.2) is 33.6 Å². The SMILES string of the molecule is COC(=O)[C@@H]1[C@@H](C(C)C)CC=C(C)[C@@H]1CC(OC)OC. The average Bonchev–Trinajstić information content (AvgIpc) is 2.44. The second-order valence-corrected chi connectivity index (χ2v) is 5.88. The summed E-state index contributed by atoms with van der Waals surface area (Å²) in [6, 6.07) is 0. The minimum atomic E-state index is -0.290. The molecule has 0 saturated carbocycles. The highest BCUT2D eigenvalue weighted by Crippen LogP contribution is 2.41. The highest BCUT2D eigenvalue weighted by atomic mass is 16.7. The van der Waals surface area contributed by atoms with Crippen molar-refractivity contribution < 1.29 is 19.0 Å².